The van der Waals surface area contributed by atoms with E-state index in [4.69, 9.17) is 34.2 Å². The molecule has 3 aromatic rings. The number of hydrogen-bond donors (Lipinski definition) is 4. The molecule has 0 saturated heterocycles. The monoisotopic (exact) mass is 541 g/mol. The van der Waals surface area contributed by atoms with Gasteiger partial charge in [0.25, 0.3) is 0 Å². The molecule has 1 aliphatic rings. The molecule has 0 spiro atoms. The van der Waals surface area contributed by atoms with E-state index in [1.165, 1.54) is 0 Å². The summed E-state index contributed by atoms with van der Waals surface area (Å²) in [5.41, 5.74) is 7.35. The van der Waals surface area contributed by atoms with Gasteiger partial charge in [-0.3, -0.25) is 0 Å². The number of hydrogen-bond acceptors (Lipinski definition) is 13. The lowest BCUT2D eigenvalue weighted by Gasteiger charge is -2.13. The Morgan fingerprint density at radius 3 is 2.00 bits per heavy atom. The van der Waals surface area contributed by atoms with Gasteiger partial charge in [0, 0.05) is 32.2 Å². The lowest BCUT2D eigenvalue weighted by atomic mass is 10.2. The van der Waals surface area contributed by atoms with Gasteiger partial charge >= 0.3 is 0 Å². The number of benzene rings is 2. The highest BCUT2D eigenvalue weighted by molar-refractivity contribution is 5.47. The maximum Gasteiger partial charge on any atom is 0.231 e. The van der Waals surface area contributed by atoms with Crippen molar-refractivity contribution >= 4 is 17.8 Å². The Morgan fingerprint density at radius 2 is 1.33 bits per heavy atom. The zero-order chi connectivity index (χ0) is 27.3. The standard InChI is InChI=1S/C26H35N7O6/c1-34-20-11-19(12-21(14-20)35-2)16-30-26-32-24(28-6-8-37-10-9-36-7-5-27)31-25(33-26)29-15-18-3-4-22-23(13-18)39-17-38-22/h3-4,11-14H,5-10,15-17,27H2,1-2H3,(H3,28,29,30,31,32,33). The molecule has 0 amide bonds. The van der Waals surface area contributed by atoms with Crippen molar-refractivity contribution in [3.05, 3.63) is 47.5 Å². The second kappa shape index (κ2) is 14.8. The summed E-state index contributed by atoms with van der Waals surface area (Å²) in [4.78, 5) is 13.6. The SMILES string of the molecule is COc1cc(CNc2nc(NCCOCCOCCN)nc(NCc3ccc4c(c3)OCO4)n2)cc(OC)c1. The predicted molar refractivity (Wildman–Crippen MR) is 146 cm³/mol. The molecule has 0 radical (unpaired) electrons. The number of methoxy groups -OCH3 is 2. The molecular weight excluding hydrogens is 506 g/mol. The van der Waals surface area contributed by atoms with Crippen LogP contribution >= 0.6 is 0 Å². The summed E-state index contributed by atoms with van der Waals surface area (Å²) in [6.45, 7) is 4.13. The third-order valence-corrected chi connectivity index (χ3v) is 5.55. The number of rotatable bonds is 17. The van der Waals surface area contributed by atoms with E-state index >= 15 is 0 Å². The van der Waals surface area contributed by atoms with E-state index in [0.717, 1.165) is 22.6 Å². The number of nitrogens with zero attached hydrogens (tertiary/aromatic N) is 3. The fourth-order valence-electron chi connectivity index (χ4n) is 3.63. The largest absolute Gasteiger partial charge is 0.497 e. The molecule has 39 heavy (non-hydrogen) atoms. The van der Waals surface area contributed by atoms with Gasteiger partial charge in [0.15, 0.2) is 11.5 Å². The molecular formula is C26H35N7O6. The van der Waals surface area contributed by atoms with E-state index in [9.17, 15) is 0 Å². The number of anilines is 3. The average molecular weight is 542 g/mol. The molecule has 0 aliphatic carbocycles. The van der Waals surface area contributed by atoms with Gasteiger partial charge in [-0.2, -0.15) is 15.0 Å². The second-order valence-corrected chi connectivity index (χ2v) is 8.36. The lowest BCUT2D eigenvalue weighted by Crippen LogP contribution is -2.17. The second-order valence-electron chi connectivity index (χ2n) is 8.36. The van der Waals surface area contributed by atoms with Crippen molar-refractivity contribution in [2.45, 2.75) is 13.1 Å². The Kier molecular flexibility index (Phi) is 10.6. The topological polar surface area (TPSA) is 156 Å². The van der Waals surface area contributed by atoms with Crippen LogP contribution in [-0.4, -0.2) is 75.5 Å². The van der Waals surface area contributed by atoms with E-state index in [1.807, 2.05) is 36.4 Å². The predicted octanol–water partition coefficient (Wildman–Crippen LogP) is 2.25. The van der Waals surface area contributed by atoms with Crippen LogP contribution in [0.2, 0.25) is 0 Å². The molecule has 0 fully saturated rings. The number of nitrogens with one attached hydrogen (secondary N) is 3. The van der Waals surface area contributed by atoms with Crippen molar-refractivity contribution in [3.63, 3.8) is 0 Å². The van der Waals surface area contributed by atoms with Crippen LogP contribution in [0.25, 0.3) is 0 Å². The summed E-state index contributed by atoms with van der Waals surface area (Å²) in [6.07, 6.45) is 0. The molecule has 13 nitrogen and oxygen atoms in total. The quantitative estimate of drug-likeness (QED) is 0.185. The lowest BCUT2D eigenvalue weighted by molar-refractivity contribution is 0.0547. The summed E-state index contributed by atoms with van der Waals surface area (Å²) in [5.74, 6) is 4.07. The van der Waals surface area contributed by atoms with E-state index in [1.54, 1.807) is 14.2 Å². The van der Waals surface area contributed by atoms with Gasteiger partial charge in [-0.25, -0.2) is 0 Å². The van der Waals surface area contributed by atoms with E-state index in [0.29, 0.717) is 82.0 Å². The molecule has 210 valence electrons. The fourth-order valence-corrected chi connectivity index (χ4v) is 3.63. The molecule has 4 rings (SSSR count). The third-order valence-electron chi connectivity index (χ3n) is 5.55. The van der Waals surface area contributed by atoms with Crippen molar-refractivity contribution < 1.29 is 28.4 Å². The van der Waals surface area contributed by atoms with Crippen LogP contribution in [-0.2, 0) is 22.6 Å². The van der Waals surface area contributed by atoms with Crippen molar-refractivity contribution in [2.24, 2.45) is 5.73 Å². The Balaban J connectivity index is 1.39. The average Bonchev–Trinajstić information content (AvgIpc) is 3.44. The number of fused-ring (bicyclic) bond motifs is 1. The minimum absolute atomic E-state index is 0.230. The van der Waals surface area contributed by atoms with Gasteiger partial charge in [0.2, 0.25) is 24.6 Å². The van der Waals surface area contributed by atoms with Crippen molar-refractivity contribution in [1.29, 1.82) is 0 Å². The van der Waals surface area contributed by atoms with Crippen LogP contribution in [0.3, 0.4) is 0 Å². The van der Waals surface area contributed by atoms with Gasteiger partial charge in [-0.05, 0) is 35.4 Å². The molecule has 13 heteroatoms. The van der Waals surface area contributed by atoms with Gasteiger partial charge in [0.05, 0.1) is 40.6 Å². The van der Waals surface area contributed by atoms with Crippen molar-refractivity contribution in [3.8, 4) is 23.0 Å². The Labute approximate surface area is 227 Å². The number of nitrogens with two attached hydrogens (primary N) is 1. The van der Waals surface area contributed by atoms with Gasteiger partial charge in [-0.15, -0.1) is 0 Å². The van der Waals surface area contributed by atoms with Crippen molar-refractivity contribution in [1.82, 2.24) is 15.0 Å². The van der Waals surface area contributed by atoms with Crippen LogP contribution in [0, 0.1) is 0 Å². The highest BCUT2D eigenvalue weighted by atomic mass is 16.7. The molecule has 5 N–H and O–H groups in total. The molecule has 0 unspecified atom stereocenters. The summed E-state index contributed by atoms with van der Waals surface area (Å²) in [6, 6.07) is 11.4. The van der Waals surface area contributed by atoms with Gasteiger partial charge in [-0.1, -0.05) is 6.07 Å². The van der Waals surface area contributed by atoms with Gasteiger partial charge < -0.3 is 50.1 Å². The van der Waals surface area contributed by atoms with Crippen LogP contribution < -0.4 is 40.6 Å². The normalized spacial score (nSPS) is 11.8. The zero-order valence-electron chi connectivity index (χ0n) is 22.2. The third kappa shape index (κ3) is 8.74. The first kappa shape index (κ1) is 28.0. The fraction of sp³-hybridized carbons (Fsp3) is 0.423. The highest BCUT2D eigenvalue weighted by Gasteiger charge is 2.14. The Hall–Kier alpha value is -4.07. The van der Waals surface area contributed by atoms with Crippen LogP contribution in [0.15, 0.2) is 36.4 Å². The van der Waals surface area contributed by atoms with E-state index in [2.05, 4.69) is 30.9 Å². The maximum absolute atomic E-state index is 5.58. The number of ether oxygens (including phenoxy) is 6. The smallest absolute Gasteiger partial charge is 0.231 e. The van der Waals surface area contributed by atoms with E-state index in [-0.39, 0.29) is 6.79 Å². The minimum atomic E-state index is 0.230. The van der Waals surface area contributed by atoms with Crippen LogP contribution in [0.5, 0.6) is 23.0 Å². The molecule has 1 aliphatic heterocycles. The first-order valence-electron chi connectivity index (χ1n) is 12.6. The summed E-state index contributed by atoms with van der Waals surface area (Å²) < 4.78 is 32.5. The molecule has 2 heterocycles. The minimum Gasteiger partial charge on any atom is -0.497 e. The van der Waals surface area contributed by atoms with Crippen LogP contribution in [0.4, 0.5) is 17.8 Å². The molecule has 0 bridgehead atoms. The first-order valence-corrected chi connectivity index (χ1v) is 12.6. The maximum atomic E-state index is 5.58. The molecule has 1 aromatic heterocycles. The first-order chi connectivity index (χ1) is 19.2. The zero-order valence-corrected chi connectivity index (χ0v) is 22.2. The van der Waals surface area contributed by atoms with Crippen molar-refractivity contribution in [2.75, 3.05) is 76.5 Å². The summed E-state index contributed by atoms with van der Waals surface area (Å²) in [5, 5.41) is 9.71. The Morgan fingerprint density at radius 1 is 0.718 bits per heavy atom. The van der Waals surface area contributed by atoms with Gasteiger partial charge in [0.1, 0.15) is 11.5 Å². The Bertz CT molecular complexity index is 1180. The summed E-state index contributed by atoms with van der Waals surface area (Å²) in [7, 11) is 3.23. The van der Waals surface area contributed by atoms with E-state index < -0.39 is 0 Å². The molecule has 0 saturated carbocycles. The number of aromatic nitrogens is 3. The van der Waals surface area contributed by atoms with Crippen LogP contribution in [0.1, 0.15) is 11.1 Å². The molecule has 0 atom stereocenters. The highest BCUT2D eigenvalue weighted by Crippen LogP contribution is 2.32. The summed E-state index contributed by atoms with van der Waals surface area (Å²) >= 11 is 0. The molecule has 2 aromatic carbocycles.